The van der Waals surface area contributed by atoms with Crippen molar-refractivity contribution in [3.05, 3.63) is 0 Å². The maximum Gasteiger partial charge on any atom is 0.147 e. The molecule has 0 N–H and O–H groups in total. The fraction of sp³-hybridized carbons (Fsp3) is 1.00. The molecule has 0 bridgehead atoms. The fourth-order valence-electron chi connectivity index (χ4n) is 1.09. The van der Waals surface area contributed by atoms with Crippen molar-refractivity contribution in [2.45, 2.75) is 12.8 Å². The predicted molar refractivity (Wildman–Crippen MR) is 43.3 cm³/mol. The Morgan fingerprint density at radius 1 is 1.45 bits per heavy atom. The van der Waals surface area contributed by atoms with Crippen molar-refractivity contribution >= 4 is 9.84 Å². The molecule has 1 heterocycles. The first kappa shape index (κ1) is 9.00. The Kier molecular flexibility index (Phi) is 2.90. The van der Waals surface area contributed by atoms with Gasteiger partial charge in [-0.1, -0.05) is 0 Å². The van der Waals surface area contributed by atoms with E-state index in [9.17, 15) is 8.42 Å². The Labute approximate surface area is 67.7 Å². The average molecular weight is 178 g/mol. The van der Waals surface area contributed by atoms with E-state index in [4.69, 9.17) is 4.74 Å². The lowest BCUT2D eigenvalue weighted by Gasteiger charge is -2.25. The molecule has 66 valence electrons. The topological polar surface area (TPSA) is 43.4 Å². The predicted octanol–water partition coefficient (Wildman–Crippen LogP) is 0.458. The van der Waals surface area contributed by atoms with Crippen LogP contribution in [-0.4, -0.2) is 33.6 Å². The normalized spacial score (nSPS) is 19.7. The molecule has 0 unspecified atom stereocenters. The molecule has 3 nitrogen and oxygen atoms in total. The van der Waals surface area contributed by atoms with Gasteiger partial charge in [-0.2, -0.15) is 0 Å². The highest BCUT2D eigenvalue weighted by Crippen LogP contribution is 2.16. The molecule has 0 aromatic heterocycles. The van der Waals surface area contributed by atoms with Gasteiger partial charge in [-0.25, -0.2) is 8.42 Å². The molecular formula is C7H14O3S. The van der Waals surface area contributed by atoms with Crippen LogP contribution in [0.15, 0.2) is 0 Å². The summed E-state index contributed by atoms with van der Waals surface area (Å²) in [5, 5.41) is 0. The zero-order valence-electron chi connectivity index (χ0n) is 6.75. The lowest BCUT2D eigenvalue weighted by atomic mass is 10.0. The van der Waals surface area contributed by atoms with Gasteiger partial charge in [0.2, 0.25) is 0 Å². The quantitative estimate of drug-likeness (QED) is 0.628. The van der Waals surface area contributed by atoms with Gasteiger partial charge in [0.15, 0.2) is 0 Å². The van der Waals surface area contributed by atoms with Crippen LogP contribution in [0.25, 0.3) is 0 Å². The van der Waals surface area contributed by atoms with Crippen LogP contribution < -0.4 is 0 Å². The molecule has 0 aromatic carbocycles. The van der Waals surface area contributed by atoms with Crippen molar-refractivity contribution in [1.29, 1.82) is 0 Å². The van der Waals surface area contributed by atoms with Crippen molar-refractivity contribution < 1.29 is 13.2 Å². The SMILES string of the molecule is CS(=O)(=O)CCCC1COC1. The van der Waals surface area contributed by atoms with Gasteiger partial charge in [-0.05, 0) is 12.8 Å². The molecule has 0 amide bonds. The molecule has 1 aliphatic heterocycles. The number of rotatable bonds is 4. The van der Waals surface area contributed by atoms with Gasteiger partial charge < -0.3 is 4.74 Å². The molecule has 0 spiro atoms. The van der Waals surface area contributed by atoms with E-state index < -0.39 is 9.84 Å². The summed E-state index contributed by atoms with van der Waals surface area (Å²) in [7, 11) is -2.74. The second-order valence-corrected chi connectivity index (χ2v) is 5.44. The summed E-state index contributed by atoms with van der Waals surface area (Å²) in [5.74, 6) is 0.945. The summed E-state index contributed by atoms with van der Waals surface area (Å²) in [6.45, 7) is 1.65. The molecule has 1 saturated heterocycles. The van der Waals surface area contributed by atoms with Gasteiger partial charge in [-0.15, -0.1) is 0 Å². The summed E-state index contributed by atoms with van der Waals surface area (Å²) in [6, 6.07) is 0. The third-order valence-corrected chi connectivity index (χ3v) is 2.86. The maximum atomic E-state index is 10.7. The average Bonchev–Trinajstić information content (AvgIpc) is 1.73. The molecule has 0 aliphatic carbocycles. The second kappa shape index (κ2) is 3.54. The highest BCUT2D eigenvalue weighted by molar-refractivity contribution is 7.90. The van der Waals surface area contributed by atoms with Crippen LogP contribution in [0.1, 0.15) is 12.8 Å². The monoisotopic (exact) mass is 178 g/mol. The van der Waals surface area contributed by atoms with Gasteiger partial charge in [0, 0.05) is 17.9 Å². The highest BCUT2D eigenvalue weighted by atomic mass is 32.2. The van der Waals surface area contributed by atoms with Crippen molar-refractivity contribution in [2.24, 2.45) is 5.92 Å². The summed E-state index contributed by atoms with van der Waals surface area (Å²) in [4.78, 5) is 0. The molecule has 1 rings (SSSR count). The molecule has 4 heteroatoms. The van der Waals surface area contributed by atoms with Crippen LogP contribution in [0.2, 0.25) is 0 Å². The first-order valence-corrected chi connectivity index (χ1v) is 5.89. The Morgan fingerprint density at radius 3 is 2.45 bits per heavy atom. The summed E-state index contributed by atoms with van der Waals surface area (Å²) >= 11 is 0. The Balaban J connectivity index is 2.04. The van der Waals surface area contributed by atoms with E-state index in [1.165, 1.54) is 6.26 Å². The van der Waals surface area contributed by atoms with Crippen LogP contribution in [0.5, 0.6) is 0 Å². The largest absolute Gasteiger partial charge is 0.381 e. The highest BCUT2D eigenvalue weighted by Gasteiger charge is 2.18. The smallest absolute Gasteiger partial charge is 0.147 e. The zero-order valence-corrected chi connectivity index (χ0v) is 7.56. The first-order chi connectivity index (χ1) is 5.08. The summed E-state index contributed by atoms with van der Waals surface area (Å²) in [6.07, 6.45) is 3.06. The molecule has 0 aromatic rings. The van der Waals surface area contributed by atoms with Crippen LogP contribution in [0.3, 0.4) is 0 Å². The van der Waals surface area contributed by atoms with Gasteiger partial charge in [-0.3, -0.25) is 0 Å². The molecule has 0 atom stereocenters. The van der Waals surface area contributed by atoms with Crippen LogP contribution in [0, 0.1) is 5.92 Å². The van der Waals surface area contributed by atoms with Gasteiger partial charge in [0.1, 0.15) is 9.84 Å². The van der Waals surface area contributed by atoms with Crippen LogP contribution >= 0.6 is 0 Å². The summed E-state index contributed by atoms with van der Waals surface area (Å²) in [5.41, 5.74) is 0. The minimum absolute atomic E-state index is 0.323. The zero-order chi connectivity index (χ0) is 8.32. The van der Waals surface area contributed by atoms with Crippen LogP contribution in [-0.2, 0) is 14.6 Å². The number of hydrogen-bond acceptors (Lipinski definition) is 3. The molecule has 11 heavy (non-hydrogen) atoms. The molecule has 1 fully saturated rings. The van der Waals surface area contributed by atoms with Crippen molar-refractivity contribution in [1.82, 2.24) is 0 Å². The van der Waals surface area contributed by atoms with E-state index in [0.29, 0.717) is 11.7 Å². The van der Waals surface area contributed by atoms with Gasteiger partial charge >= 0.3 is 0 Å². The second-order valence-electron chi connectivity index (χ2n) is 3.18. The summed E-state index contributed by atoms with van der Waals surface area (Å²) < 4.78 is 26.3. The molecule has 1 aliphatic rings. The maximum absolute atomic E-state index is 10.7. The first-order valence-electron chi connectivity index (χ1n) is 3.83. The van der Waals surface area contributed by atoms with E-state index in [-0.39, 0.29) is 0 Å². The number of sulfone groups is 1. The van der Waals surface area contributed by atoms with E-state index in [2.05, 4.69) is 0 Å². The van der Waals surface area contributed by atoms with Crippen LogP contribution in [0.4, 0.5) is 0 Å². The van der Waals surface area contributed by atoms with Crippen molar-refractivity contribution in [3.63, 3.8) is 0 Å². The third kappa shape index (κ3) is 3.72. The Morgan fingerprint density at radius 2 is 2.09 bits per heavy atom. The minimum Gasteiger partial charge on any atom is -0.381 e. The van der Waals surface area contributed by atoms with Crippen molar-refractivity contribution in [3.8, 4) is 0 Å². The van der Waals surface area contributed by atoms with E-state index in [1.807, 2.05) is 0 Å². The fourth-order valence-corrected chi connectivity index (χ4v) is 1.78. The minimum atomic E-state index is -2.74. The number of ether oxygens (including phenoxy) is 1. The van der Waals surface area contributed by atoms with E-state index >= 15 is 0 Å². The lowest BCUT2D eigenvalue weighted by molar-refractivity contribution is -0.0355. The molecule has 0 saturated carbocycles. The number of hydrogen-bond donors (Lipinski definition) is 0. The third-order valence-electron chi connectivity index (χ3n) is 1.83. The molecule has 0 radical (unpaired) electrons. The van der Waals surface area contributed by atoms with E-state index in [1.54, 1.807) is 0 Å². The molecular weight excluding hydrogens is 164 g/mol. The Bertz CT molecular complexity index is 204. The van der Waals surface area contributed by atoms with Gasteiger partial charge in [0.25, 0.3) is 0 Å². The Hall–Kier alpha value is -0.0900. The van der Waals surface area contributed by atoms with Crippen molar-refractivity contribution in [2.75, 3.05) is 25.2 Å². The lowest BCUT2D eigenvalue weighted by Crippen LogP contribution is -2.27. The standard InChI is InChI=1S/C7H14O3S/c1-11(8,9)4-2-3-7-5-10-6-7/h7H,2-6H2,1H3. The van der Waals surface area contributed by atoms with Gasteiger partial charge in [0.05, 0.1) is 13.2 Å². The van der Waals surface area contributed by atoms with E-state index in [0.717, 1.165) is 26.1 Å².